The third-order valence-corrected chi connectivity index (χ3v) is 1.14. The average Bonchev–Trinajstić information content (AvgIpc) is 1.97. The fourth-order valence-corrected chi connectivity index (χ4v) is 0.628. The Hall–Kier alpha value is -0.890. The molecule has 0 aromatic carbocycles. The van der Waals surface area contributed by atoms with Crippen molar-refractivity contribution in [2.45, 2.75) is 13.8 Å². The van der Waals surface area contributed by atoms with Gasteiger partial charge in [-0.2, -0.15) is 0 Å². The number of hydrogen-bond donors (Lipinski definition) is 1. The molecule has 0 aromatic rings. The van der Waals surface area contributed by atoms with Gasteiger partial charge in [-0.1, -0.05) is 18.2 Å². The molecule has 0 aromatic heterocycles. The van der Waals surface area contributed by atoms with E-state index >= 15 is 0 Å². The Labute approximate surface area is 67.1 Å². The fraction of sp³-hybridized carbons (Fsp3) is 0.333. The van der Waals surface area contributed by atoms with Gasteiger partial charge < -0.3 is 5.73 Å². The van der Waals surface area contributed by atoms with Gasteiger partial charge in [0, 0.05) is 6.54 Å². The topological polar surface area (TPSA) is 26.0 Å². The van der Waals surface area contributed by atoms with Gasteiger partial charge >= 0.3 is 0 Å². The first kappa shape index (κ1) is 10.1. The van der Waals surface area contributed by atoms with E-state index in [2.05, 4.69) is 0 Å². The highest BCUT2D eigenvalue weighted by atomic mass is 19.1. The van der Waals surface area contributed by atoms with Gasteiger partial charge in [0.2, 0.25) is 0 Å². The van der Waals surface area contributed by atoms with E-state index in [4.69, 9.17) is 5.73 Å². The molecule has 0 spiro atoms. The highest BCUT2D eigenvalue weighted by Gasteiger charge is 1.84. The molecule has 0 saturated carbocycles. The van der Waals surface area contributed by atoms with Crippen molar-refractivity contribution in [3.8, 4) is 0 Å². The van der Waals surface area contributed by atoms with Crippen LogP contribution in [-0.4, -0.2) is 6.54 Å². The molecular formula is C9H14FN. The molecule has 62 valence electrons. The fourth-order valence-electron chi connectivity index (χ4n) is 0.628. The lowest BCUT2D eigenvalue weighted by molar-refractivity contribution is 0.640. The van der Waals surface area contributed by atoms with E-state index in [1.54, 1.807) is 6.08 Å². The quantitative estimate of drug-likeness (QED) is 0.622. The summed E-state index contributed by atoms with van der Waals surface area (Å²) in [4.78, 5) is 0. The Morgan fingerprint density at radius 3 is 2.45 bits per heavy atom. The van der Waals surface area contributed by atoms with E-state index in [0.29, 0.717) is 6.54 Å². The number of nitrogens with two attached hydrogens (primary N) is 1. The lowest BCUT2D eigenvalue weighted by Crippen LogP contribution is -2.00. The van der Waals surface area contributed by atoms with Gasteiger partial charge in [-0.25, -0.2) is 4.39 Å². The summed E-state index contributed by atoms with van der Waals surface area (Å²) in [5, 5.41) is 0. The van der Waals surface area contributed by atoms with Crippen molar-refractivity contribution in [1.82, 2.24) is 0 Å². The third kappa shape index (κ3) is 5.55. The van der Waals surface area contributed by atoms with Crippen molar-refractivity contribution in [3.63, 3.8) is 0 Å². The Kier molecular flexibility index (Phi) is 5.39. The standard InChI is InChI=1S/C9H14FN/c1-3-4-9(7-11)6-5-8(2)10/h3-6H,7,11H2,1-2H3/b4-3-,8-5+,9-6+. The molecule has 0 atom stereocenters. The van der Waals surface area contributed by atoms with Crippen LogP contribution in [0.5, 0.6) is 0 Å². The number of rotatable bonds is 3. The molecule has 0 heterocycles. The summed E-state index contributed by atoms with van der Waals surface area (Å²) >= 11 is 0. The van der Waals surface area contributed by atoms with Crippen LogP contribution in [0.15, 0.2) is 35.7 Å². The molecular weight excluding hydrogens is 141 g/mol. The minimum absolute atomic E-state index is 0.208. The van der Waals surface area contributed by atoms with Gasteiger partial charge in [0.15, 0.2) is 0 Å². The third-order valence-electron chi connectivity index (χ3n) is 1.14. The molecule has 0 aliphatic rings. The van der Waals surface area contributed by atoms with Gasteiger partial charge in [0.05, 0.1) is 5.83 Å². The van der Waals surface area contributed by atoms with Crippen molar-refractivity contribution in [2.75, 3.05) is 6.54 Å². The molecule has 11 heavy (non-hydrogen) atoms. The van der Waals surface area contributed by atoms with E-state index in [9.17, 15) is 4.39 Å². The zero-order chi connectivity index (χ0) is 8.69. The Morgan fingerprint density at radius 1 is 1.45 bits per heavy atom. The maximum absolute atomic E-state index is 12.2. The summed E-state index contributed by atoms with van der Waals surface area (Å²) in [5.41, 5.74) is 6.29. The number of halogens is 1. The van der Waals surface area contributed by atoms with Gasteiger partial charge in [-0.15, -0.1) is 0 Å². The molecule has 1 nitrogen and oxygen atoms in total. The van der Waals surface area contributed by atoms with Crippen molar-refractivity contribution < 1.29 is 4.39 Å². The zero-order valence-electron chi connectivity index (χ0n) is 6.97. The normalized spacial score (nSPS) is 14.5. The summed E-state index contributed by atoms with van der Waals surface area (Å²) < 4.78 is 12.2. The molecule has 0 bridgehead atoms. The predicted octanol–water partition coefficient (Wildman–Crippen LogP) is 2.32. The van der Waals surface area contributed by atoms with Crippen molar-refractivity contribution in [2.24, 2.45) is 5.73 Å². The van der Waals surface area contributed by atoms with Crippen LogP contribution >= 0.6 is 0 Å². The average molecular weight is 155 g/mol. The largest absolute Gasteiger partial charge is 0.326 e. The van der Waals surface area contributed by atoms with E-state index in [1.807, 2.05) is 19.1 Å². The summed E-state index contributed by atoms with van der Waals surface area (Å²) in [6.07, 6.45) is 6.82. The summed E-state index contributed by atoms with van der Waals surface area (Å²) in [6, 6.07) is 0. The van der Waals surface area contributed by atoms with E-state index in [-0.39, 0.29) is 5.83 Å². The van der Waals surface area contributed by atoms with E-state index in [1.165, 1.54) is 13.0 Å². The Bertz CT molecular complexity index is 186. The molecule has 0 saturated heterocycles. The maximum atomic E-state index is 12.2. The molecule has 0 aliphatic heterocycles. The molecule has 0 amide bonds. The minimum atomic E-state index is -0.208. The van der Waals surface area contributed by atoms with Crippen LogP contribution in [0.1, 0.15) is 13.8 Å². The first-order valence-electron chi connectivity index (χ1n) is 3.56. The van der Waals surface area contributed by atoms with E-state index < -0.39 is 0 Å². The van der Waals surface area contributed by atoms with Gasteiger partial charge in [0.25, 0.3) is 0 Å². The summed E-state index contributed by atoms with van der Waals surface area (Å²) in [7, 11) is 0. The van der Waals surface area contributed by atoms with Crippen LogP contribution in [-0.2, 0) is 0 Å². The second-order valence-corrected chi connectivity index (χ2v) is 2.20. The second-order valence-electron chi connectivity index (χ2n) is 2.20. The van der Waals surface area contributed by atoms with Gasteiger partial charge in [-0.05, 0) is 25.5 Å². The second kappa shape index (κ2) is 5.86. The molecule has 0 radical (unpaired) electrons. The van der Waals surface area contributed by atoms with Crippen LogP contribution in [0.4, 0.5) is 4.39 Å². The lowest BCUT2D eigenvalue weighted by Gasteiger charge is -1.92. The summed E-state index contributed by atoms with van der Waals surface area (Å²) in [5.74, 6) is -0.208. The molecule has 2 N–H and O–H groups in total. The van der Waals surface area contributed by atoms with E-state index in [0.717, 1.165) is 5.57 Å². The molecule has 0 aliphatic carbocycles. The smallest absolute Gasteiger partial charge is 0.0968 e. The van der Waals surface area contributed by atoms with Crippen molar-refractivity contribution >= 4 is 0 Å². The van der Waals surface area contributed by atoms with Crippen LogP contribution in [0, 0.1) is 0 Å². The number of hydrogen-bond acceptors (Lipinski definition) is 1. The van der Waals surface area contributed by atoms with Crippen LogP contribution in [0.25, 0.3) is 0 Å². The monoisotopic (exact) mass is 155 g/mol. The summed E-state index contributed by atoms with van der Waals surface area (Å²) in [6.45, 7) is 3.74. The van der Waals surface area contributed by atoms with Crippen LogP contribution in [0.2, 0.25) is 0 Å². The molecule has 0 unspecified atom stereocenters. The molecule has 0 fully saturated rings. The first-order valence-corrected chi connectivity index (χ1v) is 3.56. The van der Waals surface area contributed by atoms with Gasteiger partial charge in [0.1, 0.15) is 0 Å². The predicted molar refractivity (Wildman–Crippen MR) is 46.8 cm³/mol. The molecule has 0 rings (SSSR count). The lowest BCUT2D eigenvalue weighted by atomic mass is 10.2. The Morgan fingerprint density at radius 2 is 2.09 bits per heavy atom. The van der Waals surface area contributed by atoms with Crippen LogP contribution < -0.4 is 5.73 Å². The highest BCUT2D eigenvalue weighted by Crippen LogP contribution is 1.98. The SMILES string of the molecule is C\C=C/C(=C\C=C(/C)F)CN. The van der Waals surface area contributed by atoms with Crippen molar-refractivity contribution in [3.05, 3.63) is 35.7 Å². The molecule has 2 heteroatoms. The zero-order valence-corrected chi connectivity index (χ0v) is 6.97. The van der Waals surface area contributed by atoms with Crippen molar-refractivity contribution in [1.29, 1.82) is 0 Å². The number of allylic oxidation sites excluding steroid dienone is 4. The first-order chi connectivity index (χ1) is 5.20. The Balaban J connectivity index is 4.24. The minimum Gasteiger partial charge on any atom is -0.326 e. The van der Waals surface area contributed by atoms with Gasteiger partial charge in [-0.3, -0.25) is 0 Å². The maximum Gasteiger partial charge on any atom is 0.0968 e. The van der Waals surface area contributed by atoms with Crippen LogP contribution in [0.3, 0.4) is 0 Å². The highest BCUT2D eigenvalue weighted by molar-refractivity contribution is 5.25.